The third-order valence-corrected chi connectivity index (χ3v) is 5.34. The van der Waals surface area contributed by atoms with Crippen molar-refractivity contribution in [2.45, 2.75) is 0 Å². The molecule has 0 bridgehead atoms. The first kappa shape index (κ1) is 20.9. The molecule has 31 heavy (non-hydrogen) atoms. The summed E-state index contributed by atoms with van der Waals surface area (Å²) in [5.74, 6) is -0.791. The minimum absolute atomic E-state index is 0.227. The Kier molecular flexibility index (Phi) is 5.67. The van der Waals surface area contributed by atoms with Crippen LogP contribution in [0.2, 0.25) is 10.0 Å². The van der Waals surface area contributed by atoms with E-state index in [9.17, 15) is 14.4 Å². The summed E-state index contributed by atoms with van der Waals surface area (Å²) in [5, 5.41) is 0.595. The first-order valence-corrected chi connectivity index (χ1v) is 10.0. The summed E-state index contributed by atoms with van der Waals surface area (Å²) >= 11 is 12.1. The Balaban J connectivity index is 1.73. The van der Waals surface area contributed by atoms with Crippen molar-refractivity contribution in [3.8, 4) is 5.75 Å². The Hall–Kier alpha value is -3.35. The second-order valence-electron chi connectivity index (χ2n) is 6.81. The molecule has 0 radical (unpaired) electrons. The molecule has 0 spiro atoms. The van der Waals surface area contributed by atoms with Crippen LogP contribution in [0, 0.1) is 0 Å². The third-order valence-electron chi connectivity index (χ3n) is 4.90. The van der Waals surface area contributed by atoms with Gasteiger partial charge in [0.25, 0.3) is 17.7 Å². The molecule has 0 unspecified atom stereocenters. The van der Waals surface area contributed by atoms with Gasteiger partial charge in [-0.05, 0) is 54.6 Å². The minimum atomic E-state index is -0.467. The topological polar surface area (TPSA) is 66.9 Å². The van der Waals surface area contributed by atoms with Gasteiger partial charge in [-0.2, -0.15) is 0 Å². The van der Waals surface area contributed by atoms with Gasteiger partial charge in [0.05, 0.1) is 18.2 Å². The third kappa shape index (κ3) is 4.00. The maximum Gasteiger partial charge on any atom is 0.263 e. The lowest BCUT2D eigenvalue weighted by atomic mass is 10.1. The normalized spacial score (nSPS) is 12.7. The number of benzene rings is 3. The summed E-state index contributed by atoms with van der Waals surface area (Å²) in [7, 11) is 1.53. The largest absolute Gasteiger partial charge is 0.497 e. The van der Waals surface area contributed by atoms with E-state index in [1.165, 1.54) is 30.2 Å². The molecule has 4 rings (SSSR count). The van der Waals surface area contributed by atoms with Crippen LogP contribution < -0.4 is 9.64 Å². The molecule has 1 aliphatic heterocycles. The molecule has 8 heteroatoms. The van der Waals surface area contributed by atoms with Gasteiger partial charge >= 0.3 is 0 Å². The lowest BCUT2D eigenvalue weighted by Crippen LogP contribution is -2.44. The predicted octanol–water partition coefficient (Wildman–Crippen LogP) is 4.90. The van der Waals surface area contributed by atoms with Crippen molar-refractivity contribution in [3.05, 3.63) is 93.5 Å². The highest BCUT2D eigenvalue weighted by molar-refractivity contribution is 6.35. The fourth-order valence-electron chi connectivity index (χ4n) is 3.37. The van der Waals surface area contributed by atoms with Gasteiger partial charge < -0.3 is 4.74 Å². The highest BCUT2D eigenvalue weighted by Crippen LogP contribution is 2.28. The zero-order chi connectivity index (χ0) is 22.1. The van der Waals surface area contributed by atoms with Crippen LogP contribution in [0.15, 0.2) is 66.7 Å². The lowest BCUT2D eigenvalue weighted by Gasteiger charge is -2.27. The summed E-state index contributed by atoms with van der Waals surface area (Å²) in [5.41, 5.74) is 1.31. The predicted molar refractivity (Wildman–Crippen MR) is 118 cm³/mol. The SMILES string of the molecule is COc1ccc(N(CN2C(=O)c3ccccc3C2=O)C(=O)c2cc(Cl)cc(Cl)c2)cc1. The van der Waals surface area contributed by atoms with Crippen molar-refractivity contribution in [2.75, 3.05) is 18.7 Å². The number of hydrogen-bond donors (Lipinski definition) is 0. The number of anilines is 1. The molecular weight excluding hydrogens is 439 g/mol. The van der Waals surface area contributed by atoms with Crippen LogP contribution in [0.3, 0.4) is 0 Å². The van der Waals surface area contributed by atoms with Gasteiger partial charge in [0.2, 0.25) is 0 Å². The zero-order valence-electron chi connectivity index (χ0n) is 16.3. The van der Waals surface area contributed by atoms with Gasteiger partial charge in [-0.3, -0.25) is 24.2 Å². The summed E-state index contributed by atoms with van der Waals surface area (Å²) in [6, 6.07) is 17.7. The van der Waals surface area contributed by atoms with E-state index in [-0.39, 0.29) is 12.2 Å². The number of amides is 3. The van der Waals surface area contributed by atoms with Crippen LogP contribution in [0.4, 0.5) is 5.69 Å². The Morgan fingerprint density at radius 1 is 0.903 bits per heavy atom. The highest BCUT2D eigenvalue weighted by atomic mass is 35.5. The molecule has 0 aliphatic carbocycles. The second-order valence-corrected chi connectivity index (χ2v) is 7.69. The number of rotatable bonds is 5. The van der Waals surface area contributed by atoms with Crippen molar-refractivity contribution in [1.29, 1.82) is 0 Å². The number of hydrogen-bond acceptors (Lipinski definition) is 4. The molecule has 0 aromatic heterocycles. The van der Waals surface area contributed by atoms with Crippen molar-refractivity contribution in [1.82, 2.24) is 4.90 Å². The maximum absolute atomic E-state index is 13.4. The molecule has 0 atom stereocenters. The van der Waals surface area contributed by atoms with E-state index in [1.54, 1.807) is 48.5 Å². The maximum atomic E-state index is 13.4. The van der Waals surface area contributed by atoms with Crippen molar-refractivity contribution < 1.29 is 19.1 Å². The number of ether oxygens (including phenoxy) is 1. The molecule has 0 N–H and O–H groups in total. The van der Waals surface area contributed by atoms with E-state index < -0.39 is 17.7 Å². The minimum Gasteiger partial charge on any atom is -0.497 e. The van der Waals surface area contributed by atoms with Crippen LogP contribution >= 0.6 is 23.2 Å². The number of halogens is 2. The number of fused-ring (bicyclic) bond motifs is 1. The number of methoxy groups -OCH3 is 1. The second kappa shape index (κ2) is 8.41. The molecule has 156 valence electrons. The fraction of sp³-hybridized carbons (Fsp3) is 0.0870. The van der Waals surface area contributed by atoms with Crippen LogP contribution in [0.5, 0.6) is 5.75 Å². The molecule has 3 amide bonds. The van der Waals surface area contributed by atoms with Gasteiger partial charge in [0, 0.05) is 21.3 Å². The van der Waals surface area contributed by atoms with Crippen LogP contribution in [0.25, 0.3) is 0 Å². The van der Waals surface area contributed by atoms with Crippen LogP contribution in [-0.2, 0) is 0 Å². The van der Waals surface area contributed by atoms with Gasteiger partial charge in [-0.15, -0.1) is 0 Å². The number of imide groups is 1. The lowest BCUT2D eigenvalue weighted by molar-refractivity contribution is 0.0650. The van der Waals surface area contributed by atoms with Crippen molar-refractivity contribution >= 4 is 46.6 Å². The van der Waals surface area contributed by atoms with Crippen molar-refractivity contribution in [3.63, 3.8) is 0 Å². The summed E-state index contributed by atoms with van der Waals surface area (Å²) < 4.78 is 5.18. The average molecular weight is 455 g/mol. The van der Waals surface area contributed by atoms with E-state index in [0.29, 0.717) is 32.6 Å². The molecule has 3 aromatic carbocycles. The Bertz CT molecular complexity index is 1140. The van der Waals surface area contributed by atoms with Gasteiger partial charge in [-0.25, -0.2) is 0 Å². The monoisotopic (exact) mass is 454 g/mol. The molecule has 3 aromatic rings. The number of carbonyl (C=O) groups is 3. The smallest absolute Gasteiger partial charge is 0.263 e. The van der Waals surface area contributed by atoms with Gasteiger partial charge in [0.15, 0.2) is 0 Å². The van der Waals surface area contributed by atoms with E-state index in [4.69, 9.17) is 27.9 Å². The van der Waals surface area contributed by atoms with Crippen LogP contribution in [-0.4, -0.2) is 36.4 Å². The Morgan fingerprint density at radius 3 is 1.97 bits per heavy atom. The molecular formula is C23H16Cl2N2O4. The first-order valence-electron chi connectivity index (χ1n) is 9.26. The molecule has 0 saturated heterocycles. The first-order chi connectivity index (χ1) is 14.9. The Morgan fingerprint density at radius 2 is 1.45 bits per heavy atom. The highest BCUT2D eigenvalue weighted by Gasteiger charge is 2.37. The summed E-state index contributed by atoms with van der Waals surface area (Å²) in [4.78, 5) is 41.5. The molecule has 0 fully saturated rings. The van der Waals surface area contributed by atoms with E-state index in [2.05, 4.69) is 0 Å². The molecule has 1 heterocycles. The molecule has 1 aliphatic rings. The summed E-state index contributed by atoms with van der Waals surface area (Å²) in [6.07, 6.45) is 0. The molecule has 0 saturated carbocycles. The zero-order valence-corrected chi connectivity index (χ0v) is 17.9. The standard InChI is InChI=1S/C23H16Cl2N2O4/c1-31-18-8-6-17(7-9-18)26(21(28)14-10-15(24)12-16(25)11-14)13-27-22(29)19-4-2-3-5-20(19)23(27)30/h2-12H,13H2,1H3. The number of nitrogens with zero attached hydrogens (tertiary/aromatic N) is 2. The average Bonchev–Trinajstić information content (AvgIpc) is 3.01. The number of carbonyl (C=O) groups excluding carboxylic acids is 3. The quantitative estimate of drug-likeness (QED) is 0.514. The van der Waals surface area contributed by atoms with E-state index in [0.717, 1.165) is 4.90 Å². The van der Waals surface area contributed by atoms with Gasteiger partial charge in [-0.1, -0.05) is 35.3 Å². The van der Waals surface area contributed by atoms with E-state index in [1.807, 2.05) is 0 Å². The molecule has 6 nitrogen and oxygen atoms in total. The summed E-state index contributed by atoms with van der Waals surface area (Å²) in [6.45, 7) is -0.276. The Labute approximate surface area is 188 Å². The van der Waals surface area contributed by atoms with Crippen LogP contribution in [0.1, 0.15) is 31.1 Å². The fourth-order valence-corrected chi connectivity index (χ4v) is 3.89. The van der Waals surface area contributed by atoms with Gasteiger partial charge in [0.1, 0.15) is 12.4 Å². The van der Waals surface area contributed by atoms with E-state index >= 15 is 0 Å². The van der Waals surface area contributed by atoms with Crippen molar-refractivity contribution in [2.24, 2.45) is 0 Å².